The Morgan fingerprint density at radius 2 is 2.15 bits per heavy atom. The van der Waals surface area contributed by atoms with Crippen LogP contribution in [-0.2, 0) is 14.3 Å². The monoisotopic (exact) mass is 183 g/mol. The van der Waals surface area contributed by atoms with Crippen molar-refractivity contribution in [2.75, 3.05) is 6.54 Å². The number of nitrogens with one attached hydrogen (secondary N) is 1. The van der Waals surface area contributed by atoms with Gasteiger partial charge < -0.3 is 10.1 Å². The van der Waals surface area contributed by atoms with E-state index < -0.39 is 6.10 Å². The van der Waals surface area contributed by atoms with Crippen molar-refractivity contribution in [3.63, 3.8) is 0 Å². The topological polar surface area (TPSA) is 55.4 Å². The summed E-state index contributed by atoms with van der Waals surface area (Å²) in [6.45, 7) is 0.626. The molecule has 1 saturated carbocycles. The van der Waals surface area contributed by atoms with Gasteiger partial charge in [-0.1, -0.05) is 6.42 Å². The van der Waals surface area contributed by atoms with Crippen molar-refractivity contribution in [1.82, 2.24) is 5.32 Å². The number of ether oxygens (including phenoxy) is 1. The molecule has 0 spiro atoms. The van der Waals surface area contributed by atoms with E-state index in [4.69, 9.17) is 4.74 Å². The van der Waals surface area contributed by atoms with Crippen molar-refractivity contribution >= 4 is 11.9 Å². The van der Waals surface area contributed by atoms with Crippen LogP contribution in [0.1, 0.15) is 25.7 Å². The van der Waals surface area contributed by atoms with Crippen molar-refractivity contribution in [3.05, 3.63) is 0 Å². The zero-order valence-corrected chi connectivity index (χ0v) is 7.41. The highest BCUT2D eigenvalue weighted by molar-refractivity contribution is 5.86. The van der Waals surface area contributed by atoms with Gasteiger partial charge in [0.1, 0.15) is 0 Å². The smallest absolute Gasteiger partial charge is 0.309 e. The number of carbonyl (C=O) groups excluding carboxylic acids is 2. The van der Waals surface area contributed by atoms with Crippen LogP contribution in [0, 0.1) is 5.92 Å². The highest BCUT2D eigenvalue weighted by Gasteiger charge is 2.33. The third-order valence-corrected chi connectivity index (χ3v) is 2.70. The van der Waals surface area contributed by atoms with E-state index in [-0.39, 0.29) is 17.8 Å². The normalized spacial score (nSPS) is 28.0. The SMILES string of the molecule is O=C(O[C@H]1CCNC1=O)C1CCC1. The van der Waals surface area contributed by atoms with Crippen molar-refractivity contribution < 1.29 is 14.3 Å². The molecule has 1 aliphatic heterocycles. The molecular formula is C9H13NO3. The maximum Gasteiger partial charge on any atom is 0.309 e. The molecule has 0 unspecified atom stereocenters. The van der Waals surface area contributed by atoms with E-state index >= 15 is 0 Å². The highest BCUT2D eigenvalue weighted by atomic mass is 16.5. The van der Waals surface area contributed by atoms with E-state index in [1.165, 1.54) is 0 Å². The number of amides is 1. The summed E-state index contributed by atoms with van der Waals surface area (Å²) in [6, 6.07) is 0. The second-order valence-electron chi connectivity index (χ2n) is 3.63. The van der Waals surface area contributed by atoms with Crippen molar-refractivity contribution in [3.8, 4) is 0 Å². The van der Waals surface area contributed by atoms with Gasteiger partial charge in [-0.2, -0.15) is 0 Å². The molecule has 2 fully saturated rings. The average molecular weight is 183 g/mol. The number of hydrogen-bond donors (Lipinski definition) is 1. The van der Waals surface area contributed by atoms with Gasteiger partial charge in [0.15, 0.2) is 6.10 Å². The minimum Gasteiger partial charge on any atom is -0.452 e. The number of hydrogen-bond acceptors (Lipinski definition) is 3. The molecule has 1 atom stereocenters. The van der Waals surface area contributed by atoms with Crippen molar-refractivity contribution in [2.24, 2.45) is 5.92 Å². The molecule has 1 amide bonds. The molecule has 0 bridgehead atoms. The fraction of sp³-hybridized carbons (Fsp3) is 0.778. The zero-order chi connectivity index (χ0) is 9.26. The van der Waals surface area contributed by atoms with E-state index in [0.29, 0.717) is 13.0 Å². The van der Waals surface area contributed by atoms with Crippen LogP contribution in [0.2, 0.25) is 0 Å². The van der Waals surface area contributed by atoms with Gasteiger partial charge >= 0.3 is 5.97 Å². The molecule has 4 heteroatoms. The van der Waals surface area contributed by atoms with Gasteiger partial charge in [0.05, 0.1) is 5.92 Å². The molecule has 2 rings (SSSR count). The minimum atomic E-state index is -0.520. The van der Waals surface area contributed by atoms with E-state index in [1.54, 1.807) is 0 Å². The van der Waals surface area contributed by atoms with E-state index in [0.717, 1.165) is 19.3 Å². The maximum atomic E-state index is 11.3. The van der Waals surface area contributed by atoms with E-state index in [9.17, 15) is 9.59 Å². The largest absolute Gasteiger partial charge is 0.452 e. The first kappa shape index (κ1) is 8.53. The summed E-state index contributed by atoms with van der Waals surface area (Å²) < 4.78 is 5.08. The zero-order valence-electron chi connectivity index (χ0n) is 7.41. The lowest BCUT2D eigenvalue weighted by Gasteiger charge is -2.24. The Hall–Kier alpha value is -1.06. The second kappa shape index (κ2) is 3.36. The van der Waals surface area contributed by atoms with Crippen LogP contribution in [0.5, 0.6) is 0 Å². The quantitative estimate of drug-likeness (QED) is 0.623. The van der Waals surface area contributed by atoms with Gasteiger partial charge in [-0.05, 0) is 12.8 Å². The third-order valence-electron chi connectivity index (χ3n) is 2.70. The molecule has 72 valence electrons. The Bertz CT molecular complexity index is 235. The van der Waals surface area contributed by atoms with Gasteiger partial charge in [-0.15, -0.1) is 0 Å². The summed E-state index contributed by atoms with van der Waals surface area (Å²) >= 11 is 0. The van der Waals surface area contributed by atoms with Crippen LogP contribution < -0.4 is 5.32 Å². The number of rotatable bonds is 2. The lowest BCUT2D eigenvalue weighted by atomic mass is 9.86. The van der Waals surface area contributed by atoms with Crippen LogP contribution in [0.3, 0.4) is 0 Å². The van der Waals surface area contributed by atoms with Crippen molar-refractivity contribution in [1.29, 1.82) is 0 Å². The van der Waals surface area contributed by atoms with Crippen LogP contribution in [0.15, 0.2) is 0 Å². The van der Waals surface area contributed by atoms with E-state index in [2.05, 4.69) is 5.32 Å². The Balaban J connectivity index is 1.82. The summed E-state index contributed by atoms with van der Waals surface area (Å²) in [5.74, 6) is -0.269. The molecule has 13 heavy (non-hydrogen) atoms. The molecule has 0 aromatic heterocycles. The van der Waals surface area contributed by atoms with Gasteiger partial charge in [-0.3, -0.25) is 9.59 Å². The lowest BCUT2D eigenvalue weighted by molar-refractivity contribution is -0.160. The van der Waals surface area contributed by atoms with Gasteiger partial charge in [0.25, 0.3) is 5.91 Å². The summed E-state index contributed by atoms with van der Waals surface area (Å²) in [5.41, 5.74) is 0. The van der Waals surface area contributed by atoms with Gasteiger partial charge in [-0.25, -0.2) is 0 Å². The molecule has 1 N–H and O–H groups in total. The van der Waals surface area contributed by atoms with Crippen LogP contribution in [0.25, 0.3) is 0 Å². The summed E-state index contributed by atoms with van der Waals surface area (Å²) in [4.78, 5) is 22.4. The molecule has 0 aromatic rings. The predicted octanol–water partition coefficient (Wildman–Crippen LogP) is 0.218. The van der Waals surface area contributed by atoms with Crippen molar-refractivity contribution in [2.45, 2.75) is 31.8 Å². The molecular weight excluding hydrogens is 170 g/mol. The molecule has 4 nitrogen and oxygen atoms in total. The third kappa shape index (κ3) is 1.66. The van der Waals surface area contributed by atoms with Crippen LogP contribution >= 0.6 is 0 Å². The molecule has 1 aliphatic carbocycles. The molecule has 2 aliphatic rings. The first-order valence-electron chi connectivity index (χ1n) is 4.75. The molecule has 0 aromatic carbocycles. The Morgan fingerprint density at radius 3 is 2.62 bits per heavy atom. The van der Waals surface area contributed by atoms with Crippen LogP contribution in [0.4, 0.5) is 0 Å². The maximum absolute atomic E-state index is 11.3. The fourth-order valence-electron chi connectivity index (χ4n) is 1.56. The molecule has 0 radical (unpaired) electrons. The lowest BCUT2D eigenvalue weighted by Crippen LogP contribution is -2.32. The fourth-order valence-corrected chi connectivity index (χ4v) is 1.56. The van der Waals surface area contributed by atoms with Crippen LogP contribution in [-0.4, -0.2) is 24.5 Å². The Kier molecular flexibility index (Phi) is 2.20. The molecule has 1 heterocycles. The second-order valence-corrected chi connectivity index (χ2v) is 3.63. The first-order valence-corrected chi connectivity index (χ1v) is 4.75. The predicted molar refractivity (Wildman–Crippen MR) is 44.8 cm³/mol. The summed E-state index contributed by atoms with van der Waals surface area (Å²) in [7, 11) is 0. The highest BCUT2D eigenvalue weighted by Crippen LogP contribution is 2.28. The van der Waals surface area contributed by atoms with Gasteiger partial charge in [0.2, 0.25) is 0 Å². The minimum absolute atomic E-state index is 0.0633. The number of esters is 1. The summed E-state index contributed by atoms with van der Waals surface area (Å²) in [6.07, 6.45) is 3.06. The average Bonchev–Trinajstić information content (AvgIpc) is 2.32. The first-order chi connectivity index (χ1) is 6.27. The van der Waals surface area contributed by atoms with E-state index in [1.807, 2.05) is 0 Å². The Labute approximate surface area is 76.6 Å². The molecule has 1 saturated heterocycles. The summed E-state index contributed by atoms with van der Waals surface area (Å²) in [5, 5.41) is 2.63. The number of carbonyl (C=O) groups is 2. The van der Waals surface area contributed by atoms with Gasteiger partial charge in [0, 0.05) is 13.0 Å². The Morgan fingerprint density at radius 1 is 1.38 bits per heavy atom. The standard InChI is InChI=1S/C9H13NO3/c11-8-7(4-5-10-8)13-9(12)6-2-1-3-6/h6-7H,1-5H2,(H,10,11)/t7-/m0/s1.